The van der Waals surface area contributed by atoms with E-state index < -0.39 is 19.7 Å². The average molecular weight is 196 g/mol. The van der Waals surface area contributed by atoms with Crippen LogP contribution in [0.25, 0.3) is 0 Å². The molecule has 0 N–H and O–H groups in total. The van der Waals surface area contributed by atoms with Gasteiger partial charge in [-0.15, -0.1) is 0 Å². The third-order valence-corrected chi connectivity index (χ3v) is 2.58. The van der Waals surface area contributed by atoms with Crippen molar-refractivity contribution in [2.24, 2.45) is 0 Å². The van der Waals surface area contributed by atoms with Crippen LogP contribution in [0.2, 0.25) is 0 Å². The Hall–Kier alpha value is -0.380. The SMILES string of the molecule is COC(=O)[C@H](C)OP(C)(=O)OC. The molecule has 72 valence electrons. The van der Waals surface area contributed by atoms with Crippen LogP contribution in [0.3, 0.4) is 0 Å². The lowest BCUT2D eigenvalue weighted by atomic mass is 10.4. The molecule has 0 amide bonds. The molecule has 0 heterocycles. The molecule has 2 atom stereocenters. The zero-order valence-corrected chi connectivity index (χ0v) is 8.46. The van der Waals surface area contributed by atoms with Gasteiger partial charge in [-0.3, -0.25) is 9.09 Å². The minimum absolute atomic E-state index is 0.575. The third-order valence-electron chi connectivity index (χ3n) is 1.21. The van der Waals surface area contributed by atoms with Gasteiger partial charge in [-0.1, -0.05) is 0 Å². The monoisotopic (exact) mass is 196 g/mol. The maximum absolute atomic E-state index is 11.2. The molecule has 0 aromatic heterocycles. The van der Waals surface area contributed by atoms with Gasteiger partial charge in [0.15, 0.2) is 6.10 Å². The molecule has 0 aromatic rings. The molecule has 1 unspecified atom stereocenters. The normalized spacial score (nSPS) is 18.0. The first-order valence-corrected chi connectivity index (χ1v) is 5.31. The van der Waals surface area contributed by atoms with Crippen LogP contribution < -0.4 is 0 Å². The highest BCUT2D eigenvalue weighted by Gasteiger charge is 2.24. The minimum Gasteiger partial charge on any atom is -0.467 e. The molecule has 12 heavy (non-hydrogen) atoms. The van der Waals surface area contributed by atoms with Crippen LogP contribution in [-0.4, -0.2) is 33.0 Å². The van der Waals surface area contributed by atoms with Gasteiger partial charge in [-0.25, -0.2) is 4.79 Å². The molecule has 0 aliphatic rings. The second-order valence-electron chi connectivity index (χ2n) is 2.22. The molecule has 6 heteroatoms. The van der Waals surface area contributed by atoms with Crippen LogP contribution in [-0.2, 0) is 23.1 Å². The van der Waals surface area contributed by atoms with Gasteiger partial charge < -0.3 is 9.26 Å². The number of rotatable bonds is 4. The summed E-state index contributed by atoms with van der Waals surface area (Å²) in [7, 11) is -0.611. The summed E-state index contributed by atoms with van der Waals surface area (Å²) in [5.74, 6) is -0.575. The van der Waals surface area contributed by atoms with Crippen molar-refractivity contribution in [2.45, 2.75) is 13.0 Å². The lowest BCUT2D eigenvalue weighted by molar-refractivity contribution is -0.148. The average Bonchev–Trinajstić information content (AvgIpc) is 2.02. The number of hydrogen-bond donors (Lipinski definition) is 0. The molecule has 0 spiro atoms. The quantitative estimate of drug-likeness (QED) is 0.496. The second kappa shape index (κ2) is 4.60. The highest BCUT2D eigenvalue weighted by Crippen LogP contribution is 2.43. The fourth-order valence-electron chi connectivity index (χ4n) is 0.539. The maximum Gasteiger partial charge on any atom is 0.335 e. The molecule has 5 nitrogen and oxygen atoms in total. The van der Waals surface area contributed by atoms with Crippen LogP contribution in [0.15, 0.2) is 0 Å². The van der Waals surface area contributed by atoms with E-state index in [9.17, 15) is 9.36 Å². The molecule has 0 fully saturated rings. The second-order valence-corrected chi connectivity index (χ2v) is 4.34. The zero-order valence-electron chi connectivity index (χ0n) is 7.57. The molecule has 0 bridgehead atoms. The molecular weight excluding hydrogens is 183 g/mol. The fraction of sp³-hybridized carbons (Fsp3) is 0.833. The Morgan fingerprint density at radius 1 is 1.42 bits per heavy atom. The number of carbonyl (C=O) groups excluding carboxylic acids is 1. The van der Waals surface area contributed by atoms with E-state index in [1.807, 2.05) is 0 Å². The van der Waals surface area contributed by atoms with Crippen molar-refractivity contribution in [3.63, 3.8) is 0 Å². The Labute approximate surface area is 71.5 Å². The predicted molar refractivity (Wildman–Crippen MR) is 43.1 cm³/mol. The fourth-order valence-corrected chi connectivity index (χ4v) is 1.29. The van der Waals surface area contributed by atoms with Crippen LogP contribution in [0.5, 0.6) is 0 Å². The predicted octanol–water partition coefficient (Wildman–Crippen LogP) is 1.03. The van der Waals surface area contributed by atoms with E-state index in [1.165, 1.54) is 27.8 Å². The Bertz CT molecular complexity index is 202. The van der Waals surface area contributed by atoms with Gasteiger partial charge in [0.25, 0.3) is 0 Å². The van der Waals surface area contributed by atoms with E-state index in [1.54, 1.807) is 0 Å². The van der Waals surface area contributed by atoms with Crippen LogP contribution in [0.4, 0.5) is 0 Å². The van der Waals surface area contributed by atoms with Gasteiger partial charge in [0, 0.05) is 13.8 Å². The summed E-state index contributed by atoms with van der Waals surface area (Å²) in [6.07, 6.45) is -0.870. The van der Waals surface area contributed by atoms with Gasteiger partial charge in [0.05, 0.1) is 7.11 Å². The minimum atomic E-state index is -3.10. The number of esters is 1. The molecule has 0 rings (SSSR count). The van der Waals surface area contributed by atoms with Gasteiger partial charge in [0.2, 0.25) is 0 Å². The van der Waals surface area contributed by atoms with Crippen molar-refractivity contribution in [1.82, 2.24) is 0 Å². The molecular formula is C6H13O5P. The first kappa shape index (κ1) is 11.6. The first-order chi connectivity index (χ1) is 5.43. The molecule has 0 aromatic carbocycles. The van der Waals surface area contributed by atoms with E-state index in [2.05, 4.69) is 9.26 Å². The standard InChI is InChI=1S/C6H13O5P/c1-5(6(7)9-2)11-12(4,8)10-3/h5H,1-4H3/t5-,12?/m0/s1. The Kier molecular flexibility index (Phi) is 4.45. The van der Waals surface area contributed by atoms with Gasteiger partial charge in [-0.05, 0) is 6.92 Å². The number of hydrogen-bond acceptors (Lipinski definition) is 5. The van der Waals surface area contributed by atoms with E-state index in [0.29, 0.717) is 0 Å². The van der Waals surface area contributed by atoms with Crippen molar-refractivity contribution in [1.29, 1.82) is 0 Å². The summed E-state index contributed by atoms with van der Waals surface area (Å²) in [6.45, 7) is 2.73. The van der Waals surface area contributed by atoms with E-state index in [-0.39, 0.29) is 0 Å². The lowest BCUT2D eigenvalue weighted by Gasteiger charge is -2.15. The summed E-state index contributed by atoms with van der Waals surface area (Å²) in [6, 6.07) is 0. The Balaban J connectivity index is 4.09. The summed E-state index contributed by atoms with van der Waals surface area (Å²) in [4.78, 5) is 10.8. The number of methoxy groups -OCH3 is 1. The van der Waals surface area contributed by atoms with Gasteiger partial charge in [-0.2, -0.15) is 0 Å². The van der Waals surface area contributed by atoms with Crippen LogP contribution in [0.1, 0.15) is 6.92 Å². The van der Waals surface area contributed by atoms with Crippen molar-refractivity contribution in [2.75, 3.05) is 20.9 Å². The van der Waals surface area contributed by atoms with E-state index in [0.717, 1.165) is 0 Å². The van der Waals surface area contributed by atoms with Crippen molar-refractivity contribution < 1.29 is 23.1 Å². The van der Waals surface area contributed by atoms with Gasteiger partial charge >= 0.3 is 13.6 Å². The molecule has 0 aliphatic heterocycles. The molecule has 0 saturated heterocycles. The van der Waals surface area contributed by atoms with Crippen molar-refractivity contribution in [3.8, 4) is 0 Å². The summed E-state index contributed by atoms with van der Waals surface area (Å²) < 4.78 is 24.8. The first-order valence-electron chi connectivity index (χ1n) is 3.32. The summed E-state index contributed by atoms with van der Waals surface area (Å²) in [5.41, 5.74) is 0. The van der Waals surface area contributed by atoms with Crippen molar-refractivity contribution >= 4 is 13.6 Å². The summed E-state index contributed by atoms with van der Waals surface area (Å²) in [5, 5.41) is 0. The highest BCUT2D eigenvalue weighted by atomic mass is 31.2. The number of ether oxygens (including phenoxy) is 1. The highest BCUT2D eigenvalue weighted by molar-refractivity contribution is 7.53. The van der Waals surface area contributed by atoms with Crippen LogP contribution >= 0.6 is 7.60 Å². The van der Waals surface area contributed by atoms with Gasteiger partial charge in [0.1, 0.15) is 0 Å². The molecule has 0 aliphatic carbocycles. The topological polar surface area (TPSA) is 61.8 Å². The lowest BCUT2D eigenvalue weighted by Crippen LogP contribution is -2.20. The van der Waals surface area contributed by atoms with E-state index >= 15 is 0 Å². The maximum atomic E-state index is 11.2. The number of carbonyl (C=O) groups is 1. The van der Waals surface area contributed by atoms with Crippen LogP contribution in [0, 0.1) is 0 Å². The smallest absolute Gasteiger partial charge is 0.335 e. The third kappa shape index (κ3) is 3.85. The molecule has 0 radical (unpaired) electrons. The van der Waals surface area contributed by atoms with Crippen molar-refractivity contribution in [3.05, 3.63) is 0 Å². The Morgan fingerprint density at radius 3 is 2.25 bits per heavy atom. The van der Waals surface area contributed by atoms with E-state index in [4.69, 9.17) is 4.52 Å². The summed E-state index contributed by atoms with van der Waals surface area (Å²) >= 11 is 0. The Morgan fingerprint density at radius 2 is 1.92 bits per heavy atom. The largest absolute Gasteiger partial charge is 0.467 e. The molecule has 0 saturated carbocycles. The zero-order chi connectivity index (χ0) is 9.78.